The Morgan fingerprint density at radius 2 is 2.12 bits per heavy atom. The minimum atomic E-state index is -0.390. The predicted molar refractivity (Wildman–Crippen MR) is 69.2 cm³/mol. The van der Waals surface area contributed by atoms with Gasteiger partial charge in [0.2, 0.25) is 0 Å². The highest BCUT2D eigenvalue weighted by atomic mass is 16.3. The number of nitrogens with one attached hydrogen (secondary N) is 2. The summed E-state index contributed by atoms with van der Waals surface area (Å²) in [6.07, 6.45) is 0.175. The monoisotopic (exact) mass is 236 g/mol. The van der Waals surface area contributed by atoms with Crippen molar-refractivity contribution in [3.8, 4) is 0 Å². The van der Waals surface area contributed by atoms with Gasteiger partial charge in [-0.3, -0.25) is 4.79 Å². The smallest absolute Gasteiger partial charge is 0.253 e. The molecule has 0 aromatic heterocycles. The molecule has 0 radical (unpaired) electrons. The van der Waals surface area contributed by atoms with E-state index in [0.717, 1.165) is 12.2 Å². The fourth-order valence-corrected chi connectivity index (χ4v) is 1.52. The van der Waals surface area contributed by atoms with E-state index >= 15 is 0 Å². The van der Waals surface area contributed by atoms with Crippen LogP contribution in [-0.4, -0.2) is 30.2 Å². The second kappa shape index (κ2) is 6.91. The first-order chi connectivity index (χ1) is 8.15. The molecule has 0 aliphatic carbocycles. The second-order valence-electron chi connectivity index (χ2n) is 3.97. The zero-order valence-electron chi connectivity index (χ0n) is 10.4. The third-order valence-corrected chi connectivity index (χ3v) is 2.39. The lowest BCUT2D eigenvalue weighted by molar-refractivity contribution is 0.0946. The van der Waals surface area contributed by atoms with E-state index in [0.29, 0.717) is 18.5 Å². The van der Waals surface area contributed by atoms with E-state index in [-0.39, 0.29) is 12.0 Å². The predicted octanol–water partition coefficient (Wildman–Crippen LogP) is 1.62. The molecular weight excluding hydrogens is 216 g/mol. The molecule has 1 aromatic carbocycles. The van der Waals surface area contributed by atoms with E-state index in [1.54, 1.807) is 13.0 Å². The fraction of sp³-hybridized carbons (Fsp3) is 0.462. The van der Waals surface area contributed by atoms with Crippen LogP contribution in [0.3, 0.4) is 0 Å². The van der Waals surface area contributed by atoms with Gasteiger partial charge in [-0.05, 0) is 32.4 Å². The van der Waals surface area contributed by atoms with Gasteiger partial charge < -0.3 is 15.7 Å². The summed E-state index contributed by atoms with van der Waals surface area (Å²) in [5.74, 6) is -0.109. The van der Waals surface area contributed by atoms with E-state index in [4.69, 9.17) is 5.11 Å². The highest BCUT2D eigenvalue weighted by Gasteiger charge is 2.09. The molecule has 0 saturated carbocycles. The summed E-state index contributed by atoms with van der Waals surface area (Å²) in [6.45, 7) is 4.95. The maximum absolute atomic E-state index is 11.9. The Labute approximate surface area is 102 Å². The molecule has 4 heteroatoms. The molecule has 4 nitrogen and oxygen atoms in total. The quantitative estimate of drug-likeness (QED) is 0.703. The average Bonchev–Trinajstić information content (AvgIpc) is 2.29. The molecule has 1 unspecified atom stereocenters. The molecule has 0 spiro atoms. The third kappa shape index (κ3) is 4.44. The molecule has 0 fully saturated rings. The zero-order valence-corrected chi connectivity index (χ0v) is 10.4. The largest absolute Gasteiger partial charge is 0.393 e. The van der Waals surface area contributed by atoms with Crippen molar-refractivity contribution in [3.63, 3.8) is 0 Å². The van der Waals surface area contributed by atoms with E-state index in [9.17, 15) is 4.79 Å². The van der Waals surface area contributed by atoms with Crippen molar-refractivity contribution >= 4 is 11.6 Å². The number of amides is 1. The lowest BCUT2D eigenvalue weighted by atomic mass is 10.1. The Morgan fingerprint density at radius 1 is 1.41 bits per heavy atom. The lowest BCUT2D eigenvalue weighted by Gasteiger charge is -2.11. The van der Waals surface area contributed by atoms with Crippen molar-refractivity contribution in [1.82, 2.24) is 5.32 Å². The number of carbonyl (C=O) groups is 1. The minimum absolute atomic E-state index is 0.109. The summed E-state index contributed by atoms with van der Waals surface area (Å²) >= 11 is 0. The van der Waals surface area contributed by atoms with Gasteiger partial charge in [0.1, 0.15) is 0 Å². The zero-order chi connectivity index (χ0) is 12.7. The lowest BCUT2D eigenvalue weighted by Crippen LogP contribution is -2.27. The molecule has 3 N–H and O–H groups in total. The molecule has 1 amide bonds. The summed E-state index contributed by atoms with van der Waals surface area (Å²) in [5, 5.41) is 15.0. The van der Waals surface area contributed by atoms with Crippen LogP contribution in [0.5, 0.6) is 0 Å². The van der Waals surface area contributed by atoms with Gasteiger partial charge in [0, 0.05) is 18.8 Å². The maximum atomic E-state index is 11.9. The van der Waals surface area contributed by atoms with E-state index < -0.39 is 0 Å². The third-order valence-electron chi connectivity index (χ3n) is 2.39. The van der Waals surface area contributed by atoms with Gasteiger partial charge in [-0.25, -0.2) is 0 Å². The molecule has 17 heavy (non-hydrogen) atoms. The molecule has 1 aromatic rings. The number of hydrogen-bond donors (Lipinski definition) is 3. The van der Waals surface area contributed by atoms with Crippen LogP contribution in [0.15, 0.2) is 24.3 Å². The van der Waals surface area contributed by atoms with E-state index in [2.05, 4.69) is 10.6 Å². The van der Waals surface area contributed by atoms with Crippen molar-refractivity contribution in [2.45, 2.75) is 26.4 Å². The summed E-state index contributed by atoms with van der Waals surface area (Å²) in [4.78, 5) is 11.9. The van der Waals surface area contributed by atoms with E-state index in [1.807, 2.05) is 25.1 Å². The maximum Gasteiger partial charge on any atom is 0.253 e. The number of rotatable bonds is 6. The fourth-order valence-electron chi connectivity index (χ4n) is 1.52. The second-order valence-corrected chi connectivity index (χ2v) is 3.97. The number of anilines is 1. The SMILES string of the molecule is CCNc1ccccc1C(=O)NCCC(C)O. The van der Waals surface area contributed by atoms with Crippen LogP contribution in [0.25, 0.3) is 0 Å². The highest BCUT2D eigenvalue weighted by molar-refractivity contribution is 5.99. The van der Waals surface area contributed by atoms with Gasteiger partial charge in [-0.1, -0.05) is 12.1 Å². The first-order valence-electron chi connectivity index (χ1n) is 5.94. The van der Waals surface area contributed by atoms with Crippen LogP contribution in [0.4, 0.5) is 5.69 Å². The van der Waals surface area contributed by atoms with Crippen molar-refractivity contribution in [1.29, 1.82) is 0 Å². The van der Waals surface area contributed by atoms with Gasteiger partial charge in [0.25, 0.3) is 5.91 Å². The topological polar surface area (TPSA) is 61.4 Å². The average molecular weight is 236 g/mol. The molecule has 1 atom stereocenters. The summed E-state index contributed by atoms with van der Waals surface area (Å²) < 4.78 is 0. The Bertz CT molecular complexity index is 364. The van der Waals surface area contributed by atoms with Gasteiger partial charge in [-0.2, -0.15) is 0 Å². The molecule has 0 saturated heterocycles. The Balaban J connectivity index is 2.61. The Kier molecular flexibility index (Phi) is 5.49. The molecule has 0 aliphatic rings. The van der Waals surface area contributed by atoms with Crippen LogP contribution in [0.2, 0.25) is 0 Å². The normalized spacial score (nSPS) is 11.9. The van der Waals surface area contributed by atoms with Crippen LogP contribution in [-0.2, 0) is 0 Å². The number of hydrogen-bond acceptors (Lipinski definition) is 3. The number of carbonyl (C=O) groups excluding carboxylic acids is 1. The summed E-state index contributed by atoms with van der Waals surface area (Å²) in [7, 11) is 0. The number of benzene rings is 1. The number of para-hydroxylation sites is 1. The molecule has 94 valence electrons. The molecule has 0 aliphatic heterocycles. The molecule has 0 bridgehead atoms. The van der Waals surface area contributed by atoms with Crippen molar-refractivity contribution in [3.05, 3.63) is 29.8 Å². The van der Waals surface area contributed by atoms with Gasteiger partial charge in [0.15, 0.2) is 0 Å². The van der Waals surface area contributed by atoms with Crippen LogP contribution in [0.1, 0.15) is 30.6 Å². The minimum Gasteiger partial charge on any atom is -0.393 e. The van der Waals surface area contributed by atoms with Crippen molar-refractivity contribution in [2.75, 3.05) is 18.4 Å². The first kappa shape index (κ1) is 13.5. The van der Waals surface area contributed by atoms with Crippen LogP contribution >= 0.6 is 0 Å². The first-order valence-corrected chi connectivity index (χ1v) is 5.94. The van der Waals surface area contributed by atoms with Gasteiger partial charge >= 0.3 is 0 Å². The number of aliphatic hydroxyl groups is 1. The van der Waals surface area contributed by atoms with Crippen molar-refractivity contribution in [2.24, 2.45) is 0 Å². The number of aliphatic hydroxyl groups excluding tert-OH is 1. The Morgan fingerprint density at radius 3 is 2.76 bits per heavy atom. The molecular formula is C13H20N2O2. The molecule has 0 heterocycles. The van der Waals surface area contributed by atoms with Gasteiger partial charge in [-0.15, -0.1) is 0 Å². The van der Waals surface area contributed by atoms with Crippen LogP contribution < -0.4 is 10.6 Å². The van der Waals surface area contributed by atoms with Crippen LogP contribution in [0, 0.1) is 0 Å². The summed E-state index contributed by atoms with van der Waals surface area (Å²) in [5.41, 5.74) is 1.48. The van der Waals surface area contributed by atoms with Gasteiger partial charge in [0.05, 0.1) is 11.7 Å². The summed E-state index contributed by atoms with van der Waals surface area (Å²) in [6, 6.07) is 7.40. The Hall–Kier alpha value is -1.55. The van der Waals surface area contributed by atoms with E-state index in [1.165, 1.54) is 0 Å². The highest BCUT2D eigenvalue weighted by Crippen LogP contribution is 2.14. The molecule has 1 rings (SSSR count). The standard InChI is InChI=1S/C13H20N2O2/c1-3-14-12-7-5-4-6-11(12)13(17)15-9-8-10(2)16/h4-7,10,14,16H,3,8-9H2,1-2H3,(H,15,17). The van der Waals surface area contributed by atoms with Crippen molar-refractivity contribution < 1.29 is 9.90 Å².